The molecule has 0 atom stereocenters. The zero-order chi connectivity index (χ0) is 31.2. The summed E-state index contributed by atoms with van der Waals surface area (Å²) in [5.41, 5.74) is 10.8. The minimum atomic E-state index is -0.754. The van der Waals surface area contributed by atoms with Crippen molar-refractivity contribution in [3.05, 3.63) is 87.6 Å². The number of nitrogens with two attached hydrogens (primary N) is 1. The van der Waals surface area contributed by atoms with E-state index in [1.54, 1.807) is 35.6 Å². The molecular formula is C33H34N4O6S. The van der Waals surface area contributed by atoms with Crippen molar-refractivity contribution in [1.82, 2.24) is 10.3 Å². The van der Waals surface area contributed by atoms with Gasteiger partial charge in [-0.2, -0.15) is 0 Å². The van der Waals surface area contributed by atoms with E-state index in [4.69, 9.17) is 15.2 Å². The summed E-state index contributed by atoms with van der Waals surface area (Å²) in [6.45, 7) is 3.05. The summed E-state index contributed by atoms with van der Waals surface area (Å²) >= 11 is 1.56. The molecule has 0 saturated heterocycles. The van der Waals surface area contributed by atoms with Crippen LogP contribution in [0, 0.1) is 0 Å². The molecule has 44 heavy (non-hydrogen) atoms. The molecule has 0 bridgehead atoms. The van der Waals surface area contributed by atoms with E-state index in [9.17, 15) is 19.5 Å². The molecule has 1 aliphatic heterocycles. The normalized spacial score (nSPS) is 11.9. The monoisotopic (exact) mass is 614 g/mol. The predicted octanol–water partition coefficient (Wildman–Crippen LogP) is 4.58. The summed E-state index contributed by atoms with van der Waals surface area (Å²) in [4.78, 5) is 45.3. The molecule has 1 aliphatic rings. The number of thiophene rings is 1. The maximum Gasteiger partial charge on any atom is 0.357 e. The molecule has 5 rings (SSSR count). The number of hydrogen-bond acceptors (Lipinski definition) is 9. The molecule has 0 fully saturated rings. The highest BCUT2D eigenvalue weighted by Gasteiger charge is 2.27. The number of benzene rings is 2. The Morgan fingerprint density at radius 3 is 2.66 bits per heavy atom. The highest BCUT2D eigenvalue weighted by atomic mass is 32.1. The van der Waals surface area contributed by atoms with Crippen molar-refractivity contribution in [3.63, 3.8) is 0 Å². The average molecular weight is 615 g/mol. The molecule has 10 nitrogen and oxygen atoms in total. The van der Waals surface area contributed by atoms with Crippen molar-refractivity contribution in [1.29, 1.82) is 0 Å². The van der Waals surface area contributed by atoms with Crippen LogP contribution in [-0.2, 0) is 24.1 Å². The second kappa shape index (κ2) is 13.8. The lowest BCUT2D eigenvalue weighted by atomic mass is 9.93. The first-order valence-corrected chi connectivity index (χ1v) is 15.3. The van der Waals surface area contributed by atoms with Crippen molar-refractivity contribution in [2.45, 2.75) is 32.7 Å². The van der Waals surface area contributed by atoms with Crippen molar-refractivity contribution >= 4 is 34.8 Å². The molecule has 0 spiro atoms. The number of nitrogens with zero attached hydrogens (tertiary/aromatic N) is 1. The summed E-state index contributed by atoms with van der Waals surface area (Å²) in [6, 6.07) is 14.1. The first-order chi connectivity index (χ1) is 21.4. The van der Waals surface area contributed by atoms with E-state index < -0.39 is 17.8 Å². The smallest absolute Gasteiger partial charge is 0.357 e. The number of hydrogen-bond donors (Lipinski definition) is 4. The second-order valence-corrected chi connectivity index (χ2v) is 11.1. The Kier molecular flexibility index (Phi) is 9.69. The lowest BCUT2D eigenvalue weighted by Crippen LogP contribution is -2.26. The van der Waals surface area contributed by atoms with Gasteiger partial charge in [0.05, 0.1) is 13.7 Å². The number of anilines is 1. The maximum absolute atomic E-state index is 14.1. The molecule has 2 aromatic heterocycles. The number of rotatable bonds is 10. The van der Waals surface area contributed by atoms with E-state index in [1.807, 2.05) is 30.5 Å². The number of esters is 1. The van der Waals surface area contributed by atoms with Gasteiger partial charge in [-0.3, -0.25) is 9.59 Å². The molecule has 0 saturated carbocycles. The maximum atomic E-state index is 14.1. The van der Waals surface area contributed by atoms with Gasteiger partial charge in [0.2, 0.25) is 0 Å². The van der Waals surface area contributed by atoms with Gasteiger partial charge in [0.1, 0.15) is 11.4 Å². The third kappa shape index (κ3) is 6.35. The van der Waals surface area contributed by atoms with Crippen LogP contribution in [0.5, 0.6) is 5.75 Å². The van der Waals surface area contributed by atoms with Crippen LogP contribution in [0.25, 0.3) is 21.6 Å². The molecule has 4 aromatic rings. The predicted molar refractivity (Wildman–Crippen MR) is 169 cm³/mol. The van der Waals surface area contributed by atoms with Crippen molar-refractivity contribution in [2.24, 2.45) is 5.73 Å². The largest absolute Gasteiger partial charge is 0.493 e. The van der Waals surface area contributed by atoms with Crippen LogP contribution in [0.3, 0.4) is 0 Å². The molecule has 0 aliphatic carbocycles. The van der Waals surface area contributed by atoms with Gasteiger partial charge in [-0.05, 0) is 71.3 Å². The van der Waals surface area contributed by atoms with Gasteiger partial charge in [-0.25, -0.2) is 9.78 Å². The van der Waals surface area contributed by atoms with Gasteiger partial charge < -0.3 is 30.9 Å². The van der Waals surface area contributed by atoms with E-state index in [0.29, 0.717) is 55.1 Å². The highest BCUT2D eigenvalue weighted by Crippen LogP contribution is 2.43. The third-order valence-electron chi connectivity index (χ3n) is 7.35. The van der Waals surface area contributed by atoms with E-state index in [2.05, 4.69) is 15.6 Å². The summed E-state index contributed by atoms with van der Waals surface area (Å²) in [6.07, 6.45) is 1.77. The zero-order valence-electron chi connectivity index (χ0n) is 24.6. The fourth-order valence-electron chi connectivity index (χ4n) is 5.12. The van der Waals surface area contributed by atoms with Gasteiger partial charge >= 0.3 is 5.97 Å². The van der Waals surface area contributed by atoms with Gasteiger partial charge in [-0.1, -0.05) is 19.1 Å². The molecular weight excluding hydrogens is 580 g/mol. The zero-order valence-corrected chi connectivity index (χ0v) is 25.4. The van der Waals surface area contributed by atoms with Crippen LogP contribution in [0.15, 0.2) is 53.9 Å². The molecule has 2 amide bonds. The standard InChI is InChI=1S/C33H34N4O6S/c1-3-11-35-32(40)27-7-5-22(29(36-27)33(41)42-2)23-17-28-25(30-20(9-13-43-28)10-14-44-30)16-24(23)31(39)37-26-6-4-19(18-34)15-21(26)8-12-38/h4-7,10,14-17,38H,3,8-9,11-13,18,34H2,1-2H3,(H,35,40)(H,37,39). The van der Waals surface area contributed by atoms with Crippen molar-refractivity contribution < 1.29 is 29.0 Å². The van der Waals surface area contributed by atoms with Gasteiger partial charge in [0.25, 0.3) is 11.8 Å². The van der Waals surface area contributed by atoms with E-state index >= 15 is 0 Å². The minimum absolute atomic E-state index is 0.0523. The first kappa shape index (κ1) is 30.9. The van der Waals surface area contributed by atoms with Crippen LogP contribution in [0.4, 0.5) is 5.69 Å². The van der Waals surface area contributed by atoms with Gasteiger partial charge in [0.15, 0.2) is 5.69 Å². The Hall–Kier alpha value is -4.58. The Bertz CT molecular complexity index is 1720. The quantitative estimate of drug-likeness (QED) is 0.189. The lowest BCUT2D eigenvalue weighted by Gasteiger charge is -2.18. The van der Waals surface area contributed by atoms with Crippen LogP contribution in [-0.4, -0.2) is 54.7 Å². The second-order valence-electron chi connectivity index (χ2n) is 10.2. The van der Waals surface area contributed by atoms with E-state index in [0.717, 1.165) is 33.6 Å². The topological polar surface area (TPSA) is 153 Å². The number of aliphatic hydroxyl groups is 1. The number of aliphatic hydroxyl groups excluding tert-OH is 1. The molecule has 2 aromatic carbocycles. The molecule has 0 unspecified atom stereocenters. The summed E-state index contributed by atoms with van der Waals surface area (Å²) < 4.78 is 11.2. The minimum Gasteiger partial charge on any atom is -0.493 e. The molecule has 11 heteroatoms. The average Bonchev–Trinajstić information content (AvgIpc) is 3.44. The lowest BCUT2D eigenvalue weighted by molar-refractivity contribution is 0.0594. The summed E-state index contributed by atoms with van der Waals surface area (Å²) in [7, 11) is 1.23. The fourth-order valence-corrected chi connectivity index (χ4v) is 6.10. The van der Waals surface area contributed by atoms with Crippen LogP contribution in [0.2, 0.25) is 0 Å². The van der Waals surface area contributed by atoms with E-state index in [-0.39, 0.29) is 23.6 Å². The Morgan fingerprint density at radius 2 is 1.91 bits per heavy atom. The Balaban J connectivity index is 1.68. The number of aromatic nitrogens is 1. The number of ether oxygens (including phenoxy) is 2. The summed E-state index contributed by atoms with van der Waals surface area (Å²) in [5.74, 6) is -1.05. The SMILES string of the molecule is CCCNC(=O)c1ccc(-c2cc3c(cc2C(=O)Nc2ccc(CN)cc2CCO)-c2sccc2CCO3)c(C(=O)OC)n1. The first-order valence-electron chi connectivity index (χ1n) is 14.4. The molecule has 0 radical (unpaired) electrons. The van der Waals surface area contributed by atoms with Crippen LogP contribution in [0.1, 0.15) is 61.4 Å². The highest BCUT2D eigenvalue weighted by molar-refractivity contribution is 7.13. The van der Waals surface area contributed by atoms with Crippen LogP contribution < -0.4 is 21.1 Å². The Morgan fingerprint density at radius 1 is 1.07 bits per heavy atom. The van der Waals surface area contributed by atoms with Crippen molar-refractivity contribution in [2.75, 3.05) is 32.2 Å². The van der Waals surface area contributed by atoms with Crippen molar-refractivity contribution in [3.8, 4) is 27.3 Å². The van der Waals surface area contributed by atoms with Gasteiger partial charge in [-0.15, -0.1) is 11.3 Å². The molecule has 5 N–H and O–H groups in total. The number of methoxy groups -OCH3 is 1. The van der Waals surface area contributed by atoms with Gasteiger partial charge in [0, 0.05) is 58.9 Å². The number of amides is 2. The third-order valence-corrected chi connectivity index (χ3v) is 8.34. The molecule has 3 heterocycles. The van der Waals surface area contributed by atoms with E-state index in [1.165, 1.54) is 13.2 Å². The number of carbonyl (C=O) groups excluding carboxylic acids is 3. The Labute approximate surface area is 259 Å². The number of pyridine rings is 1. The number of fused-ring (bicyclic) bond motifs is 3. The fraction of sp³-hybridized carbons (Fsp3) is 0.273. The summed E-state index contributed by atoms with van der Waals surface area (Å²) in [5, 5.41) is 17.4. The molecule has 228 valence electrons. The van der Waals surface area contributed by atoms with Crippen LogP contribution >= 0.6 is 11.3 Å². The number of nitrogens with one attached hydrogen (secondary N) is 2. The number of carbonyl (C=O) groups is 3.